The number of benzene rings is 2. The van der Waals surface area contributed by atoms with E-state index >= 15 is 0 Å². The third-order valence-electron chi connectivity index (χ3n) is 21.3. The Morgan fingerprint density at radius 2 is 0.607 bits per heavy atom. The Balaban J connectivity index is 0.878. The maximum Gasteiger partial charge on any atom is -0.00647 e. The summed E-state index contributed by atoms with van der Waals surface area (Å²) in [4.78, 5) is 0. The molecule has 0 saturated heterocycles. The first-order valence-corrected chi connectivity index (χ1v) is 28.6. The van der Waals surface area contributed by atoms with Gasteiger partial charge < -0.3 is 0 Å². The molecular weight excluding hydrogens is 711 g/mol. The summed E-state index contributed by atoms with van der Waals surface area (Å²) in [5.74, 6) is 17.6. The smallest absolute Gasteiger partial charge is 0.00647 e. The minimum absolute atomic E-state index is 0.000502. The van der Waals surface area contributed by atoms with Crippen LogP contribution in [0.1, 0.15) is 140 Å². The van der Waals surface area contributed by atoms with E-state index in [9.17, 15) is 0 Å². The first-order valence-electron chi connectivity index (χ1n) is 25.3. The van der Waals surface area contributed by atoms with Crippen molar-refractivity contribution in [3.05, 3.63) is 59.7 Å². The van der Waals surface area contributed by atoms with Gasteiger partial charge in [-0.25, -0.2) is 0 Å². The molecule has 0 aliphatic heterocycles. The second kappa shape index (κ2) is 13.4. The van der Waals surface area contributed by atoms with Crippen molar-refractivity contribution in [1.82, 2.24) is 0 Å². The van der Waals surface area contributed by atoms with Crippen LogP contribution in [0.15, 0.2) is 48.5 Å². The number of hydrogen-bond donors (Lipinski definition) is 0. The Kier molecular flexibility index (Phi) is 8.36. The lowest BCUT2D eigenvalue weighted by molar-refractivity contribution is 0.0127. The molecule has 16 aliphatic carbocycles. The van der Waals surface area contributed by atoms with Crippen LogP contribution in [0.25, 0.3) is 11.1 Å². The summed E-state index contributed by atoms with van der Waals surface area (Å²) >= 11 is 0. The maximum absolute atomic E-state index is 2.88. The van der Waals surface area contributed by atoms with E-state index in [0.29, 0.717) is 0 Å². The van der Waals surface area contributed by atoms with Gasteiger partial charge in [0.1, 0.15) is 0 Å². The second-order valence-corrected chi connectivity index (χ2v) is 29.5. The van der Waals surface area contributed by atoms with Crippen LogP contribution in [-0.2, 0) is 12.3 Å². The van der Waals surface area contributed by atoms with Gasteiger partial charge in [0.2, 0.25) is 0 Å². The van der Waals surface area contributed by atoms with E-state index in [1.165, 1.54) is 17.9 Å². The van der Waals surface area contributed by atoms with E-state index in [0.717, 1.165) is 117 Å². The van der Waals surface area contributed by atoms with Crippen LogP contribution >= 0.6 is 15.8 Å². The van der Waals surface area contributed by atoms with E-state index in [-0.39, 0.29) is 15.8 Å². The zero-order valence-corrected chi connectivity index (χ0v) is 36.4. The minimum atomic E-state index is -0.000502. The van der Waals surface area contributed by atoms with Crippen LogP contribution in [0.4, 0.5) is 0 Å². The Morgan fingerprint density at radius 3 is 0.929 bits per heavy atom. The molecule has 2 aromatic carbocycles. The molecule has 0 N–H and O–H groups in total. The second-order valence-electron chi connectivity index (χ2n) is 24.4. The molecule has 0 unspecified atom stereocenters. The highest BCUT2D eigenvalue weighted by molar-refractivity contribution is 7.59. The fraction of sp³-hybridized carbons (Fsp3) is 0.778. The van der Waals surface area contributed by atoms with Gasteiger partial charge in [-0.1, -0.05) is 64.4 Å². The Morgan fingerprint density at radius 1 is 0.304 bits per heavy atom. The van der Waals surface area contributed by atoms with Crippen LogP contribution in [0, 0.1) is 94.7 Å². The molecule has 0 aromatic heterocycles. The van der Waals surface area contributed by atoms with E-state index in [1.54, 1.807) is 134 Å². The van der Waals surface area contributed by atoms with Crippen LogP contribution in [0.2, 0.25) is 0 Å². The third-order valence-corrected chi connectivity index (χ3v) is 29.1. The van der Waals surface area contributed by atoms with Crippen LogP contribution in [0.5, 0.6) is 0 Å². The molecule has 0 radical (unpaired) electrons. The molecule has 16 aliphatic rings. The van der Waals surface area contributed by atoms with E-state index in [4.69, 9.17) is 0 Å². The SMILES string of the molecule is c1ccc(-c2ccc(CP(C3C4CC5CC(C4)CC3C5)C3C4CC5CC(C4)CC3C5)c(CP(C3C4CC5CC(C4)CC3C5)C3C4CC5CC(C4)CC3C5)c2)cc1. The predicted octanol–water partition coefficient (Wildman–Crippen LogP) is 14.6. The van der Waals surface area contributed by atoms with Crippen LogP contribution in [-0.4, -0.2) is 22.6 Å². The van der Waals surface area contributed by atoms with E-state index < -0.39 is 0 Å². The average molecular weight is 783 g/mol. The molecule has 16 saturated carbocycles. The number of hydrogen-bond acceptors (Lipinski definition) is 0. The molecule has 18 rings (SSSR count). The third kappa shape index (κ3) is 5.67. The predicted molar refractivity (Wildman–Crippen MR) is 236 cm³/mol. The average Bonchev–Trinajstić information content (AvgIpc) is 3.17. The van der Waals surface area contributed by atoms with Gasteiger partial charge in [-0.3, -0.25) is 0 Å². The zero-order chi connectivity index (χ0) is 36.2. The zero-order valence-electron chi connectivity index (χ0n) is 34.6. The fourth-order valence-corrected chi connectivity index (χ4v) is 30.0. The molecule has 16 fully saturated rings. The van der Waals surface area contributed by atoms with Crippen LogP contribution < -0.4 is 0 Å². The van der Waals surface area contributed by atoms with Crippen LogP contribution in [0.3, 0.4) is 0 Å². The highest BCUT2D eigenvalue weighted by Crippen LogP contribution is 2.74. The molecule has 0 amide bonds. The standard InChI is InChI=1S/C54H72P2/c1-2-4-39(5-3-1)40-6-7-41(29-55(51-42-12-31-8-32(14-42)15-43(51)13-31)52-44-16-33-9-34(18-44)19-45(52)17-33)50(28-40)30-56(53-46-20-35-10-36(22-46)23-47(53)21-35)54-48-24-37-11-38(26-48)27-49(54)25-37/h1-7,28,31-38,42-49,51-54H,8-27,29-30H2. The lowest BCUT2D eigenvalue weighted by Crippen LogP contribution is -2.53. The van der Waals surface area contributed by atoms with E-state index in [2.05, 4.69) is 48.5 Å². The molecule has 16 bridgehead atoms. The largest absolute Gasteiger partial charge is 0.0947 e. The molecule has 0 spiro atoms. The van der Waals surface area contributed by atoms with Gasteiger partial charge in [-0.2, -0.15) is 0 Å². The summed E-state index contributed by atoms with van der Waals surface area (Å²) in [5.41, 5.74) is 11.3. The Labute approximate surface area is 343 Å². The van der Waals surface area contributed by atoms with Crippen molar-refractivity contribution in [2.45, 2.75) is 163 Å². The lowest BCUT2D eigenvalue weighted by atomic mass is 9.55. The summed E-state index contributed by atoms with van der Waals surface area (Å²) < 4.78 is 0. The molecular formula is C54H72P2. The Hall–Kier alpha value is -0.700. The van der Waals surface area contributed by atoms with Crippen molar-refractivity contribution in [2.75, 3.05) is 0 Å². The summed E-state index contributed by atoms with van der Waals surface area (Å²) in [6.07, 6.45) is 35.6. The summed E-state index contributed by atoms with van der Waals surface area (Å²) in [7, 11) is 0.0164. The first kappa shape index (κ1) is 35.0. The molecule has 0 nitrogen and oxygen atoms in total. The molecule has 2 heteroatoms. The van der Waals surface area contributed by atoms with Crippen molar-refractivity contribution in [1.29, 1.82) is 0 Å². The molecule has 56 heavy (non-hydrogen) atoms. The number of rotatable bonds is 9. The summed E-state index contributed by atoms with van der Waals surface area (Å²) in [6, 6.07) is 20.0. The quantitative estimate of drug-likeness (QED) is 0.222. The normalized spacial score (nSPS) is 51.9. The van der Waals surface area contributed by atoms with E-state index in [1.807, 2.05) is 11.1 Å². The highest BCUT2D eigenvalue weighted by Gasteiger charge is 2.59. The van der Waals surface area contributed by atoms with Crippen molar-refractivity contribution in [3.63, 3.8) is 0 Å². The fourth-order valence-electron chi connectivity index (χ4n) is 20.7. The Bertz CT molecular complexity index is 1610. The van der Waals surface area contributed by atoms with Crippen molar-refractivity contribution < 1.29 is 0 Å². The summed E-state index contributed by atoms with van der Waals surface area (Å²) in [6.45, 7) is 0. The first-order chi connectivity index (χ1) is 27.6. The van der Waals surface area contributed by atoms with Crippen molar-refractivity contribution in [2.24, 2.45) is 94.7 Å². The maximum atomic E-state index is 2.88. The molecule has 298 valence electrons. The van der Waals surface area contributed by atoms with Gasteiger partial charge in [0, 0.05) is 0 Å². The van der Waals surface area contributed by atoms with Gasteiger partial charge in [0.05, 0.1) is 0 Å². The van der Waals surface area contributed by atoms with Gasteiger partial charge in [0.25, 0.3) is 0 Å². The molecule has 2 aromatic rings. The van der Waals surface area contributed by atoms with Gasteiger partial charge >= 0.3 is 0 Å². The van der Waals surface area contributed by atoms with Crippen molar-refractivity contribution in [3.8, 4) is 11.1 Å². The molecule has 0 atom stereocenters. The van der Waals surface area contributed by atoms with Gasteiger partial charge in [0.15, 0.2) is 0 Å². The van der Waals surface area contributed by atoms with Gasteiger partial charge in [-0.05, 0) is 280 Å². The van der Waals surface area contributed by atoms with Crippen molar-refractivity contribution >= 4 is 15.8 Å². The van der Waals surface area contributed by atoms with Gasteiger partial charge in [-0.15, -0.1) is 0 Å². The monoisotopic (exact) mass is 783 g/mol. The minimum Gasteiger partial charge on any atom is -0.0947 e. The summed E-state index contributed by atoms with van der Waals surface area (Å²) in [5, 5.41) is 0. The molecule has 0 heterocycles. The topological polar surface area (TPSA) is 0 Å². The highest BCUT2D eigenvalue weighted by atomic mass is 31.1. The lowest BCUT2D eigenvalue weighted by Gasteiger charge is -2.62.